The van der Waals surface area contributed by atoms with Gasteiger partial charge in [-0.25, -0.2) is 19.7 Å². The topological polar surface area (TPSA) is 120 Å². The summed E-state index contributed by atoms with van der Waals surface area (Å²) in [5.41, 5.74) is 1.16. The maximum atomic E-state index is 12.3. The molecule has 208 valence electrons. The maximum absolute atomic E-state index is 12.3. The van der Waals surface area contributed by atoms with Gasteiger partial charge in [-0.3, -0.25) is 0 Å². The molecule has 2 heterocycles. The van der Waals surface area contributed by atoms with Crippen LogP contribution in [0.1, 0.15) is 40.0 Å². The third-order valence-electron chi connectivity index (χ3n) is 6.12. The van der Waals surface area contributed by atoms with Crippen LogP contribution in [0.4, 0.5) is 22.1 Å². The summed E-state index contributed by atoms with van der Waals surface area (Å²) in [6.45, 7) is 5.52. The van der Waals surface area contributed by atoms with Crippen molar-refractivity contribution in [3.8, 4) is 22.8 Å². The van der Waals surface area contributed by atoms with Gasteiger partial charge in [0.25, 0.3) is 0 Å². The van der Waals surface area contributed by atoms with E-state index >= 15 is 0 Å². The van der Waals surface area contributed by atoms with Crippen LogP contribution in [0.2, 0.25) is 10.0 Å². The van der Waals surface area contributed by atoms with Crippen LogP contribution < -0.4 is 25.4 Å². The number of hydrogen-bond acceptors (Lipinski definition) is 9. The zero-order valence-corrected chi connectivity index (χ0v) is 24.0. The second kappa shape index (κ2) is 12.1. The van der Waals surface area contributed by atoms with Crippen molar-refractivity contribution in [2.24, 2.45) is 0 Å². The fourth-order valence-electron chi connectivity index (χ4n) is 4.36. The molecule has 1 fully saturated rings. The first kappa shape index (κ1) is 28.5. The van der Waals surface area contributed by atoms with Gasteiger partial charge in [0.05, 0.1) is 31.6 Å². The number of benzene rings is 1. The molecule has 1 aromatic carbocycles. The molecule has 0 saturated heterocycles. The lowest BCUT2D eigenvalue weighted by Gasteiger charge is -2.25. The number of nitrogens with one attached hydrogen (secondary N) is 3. The van der Waals surface area contributed by atoms with Crippen LogP contribution in [0.5, 0.6) is 11.5 Å². The van der Waals surface area contributed by atoms with E-state index in [-0.39, 0.29) is 22.1 Å². The Morgan fingerprint density at radius 3 is 2.36 bits per heavy atom. The SMILES string of the molecule is COc1cc(OC)c(Cl)c(Nc2ncccc2-c2cc(NC3CCC[C@@H]3NC(=O)OC(C)(C)C)ncn2)c1Cl. The molecule has 0 bridgehead atoms. The van der Waals surface area contributed by atoms with Crippen molar-refractivity contribution < 1.29 is 19.0 Å². The highest BCUT2D eigenvalue weighted by molar-refractivity contribution is 6.41. The zero-order chi connectivity index (χ0) is 28.2. The fourth-order valence-corrected chi connectivity index (χ4v) is 4.96. The maximum Gasteiger partial charge on any atom is 0.407 e. The van der Waals surface area contributed by atoms with Crippen molar-refractivity contribution in [3.63, 3.8) is 0 Å². The lowest BCUT2D eigenvalue weighted by Crippen LogP contribution is -2.45. The van der Waals surface area contributed by atoms with Crippen LogP contribution in [-0.4, -0.2) is 52.9 Å². The molecular formula is C27H32Cl2N6O4. The number of aromatic nitrogens is 3. The minimum atomic E-state index is -0.562. The van der Waals surface area contributed by atoms with E-state index in [0.29, 0.717) is 40.1 Å². The van der Waals surface area contributed by atoms with Crippen molar-refractivity contribution in [3.05, 3.63) is 46.8 Å². The highest BCUT2D eigenvalue weighted by Crippen LogP contribution is 2.45. The van der Waals surface area contributed by atoms with Crippen molar-refractivity contribution in [2.75, 3.05) is 24.9 Å². The molecule has 3 aromatic rings. The number of alkyl carbamates (subject to hydrolysis) is 1. The van der Waals surface area contributed by atoms with Crippen molar-refractivity contribution in [1.29, 1.82) is 0 Å². The summed E-state index contributed by atoms with van der Waals surface area (Å²) in [4.78, 5) is 25.7. The molecule has 10 nitrogen and oxygen atoms in total. The number of nitrogens with zero attached hydrogens (tertiary/aromatic N) is 3. The van der Waals surface area contributed by atoms with E-state index in [1.54, 1.807) is 12.3 Å². The summed E-state index contributed by atoms with van der Waals surface area (Å²) in [6, 6.07) is 7.05. The number of rotatable bonds is 8. The Balaban J connectivity index is 1.57. The van der Waals surface area contributed by atoms with Crippen LogP contribution >= 0.6 is 23.2 Å². The number of hydrogen-bond donors (Lipinski definition) is 3. The van der Waals surface area contributed by atoms with E-state index in [1.165, 1.54) is 20.5 Å². The number of ether oxygens (including phenoxy) is 3. The normalized spacial score (nSPS) is 16.9. The van der Waals surface area contributed by atoms with Crippen LogP contribution in [0.3, 0.4) is 0 Å². The molecular weight excluding hydrogens is 543 g/mol. The highest BCUT2D eigenvalue weighted by Gasteiger charge is 2.30. The Hall–Kier alpha value is -3.50. The Morgan fingerprint density at radius 2 is 1.69 bits per heavy atom. The number of halogens is 2. The first-order valence-corrected chi connectivity index (χ1v) is 13.3. The van der Waals surface area contributed by atoms with Gasteiger partial charge in [0.1, 0.15) is 45.1 Å². The summed E-state index contributed by atoms with van der Waals surface area (Å²) in [5.74, 6) is 1.90. The van der Waals surface area contributed by atoms with E-state index < -0.39 is 11.7 Å². The summed E-state index contributed by atoms with van der Waals surface area (Å²) >= 11 is 13.1. The van der Waals surface area contributed by atoms with Gasteiger partial charge in [-0.15, -0.1) is 0 Å². The number of carbonyl (C=O) groups is 1. The number of anilines is 3. The van der Waals surface area contributed by atoms with Crippen LogP contribution in [0.15, 0.2) is 36.8 Å². The summed E-state index contributed by atoms with van der Waals surface area (Å²) in [5, 5.41) is 10.2. The molecule has 0 radical (unpaired) electrons. The third kappa shape index (κ3) is 6.93. The molecule has 1 unspecified atom stereocenters. The Bertz CT molecular complexity index is 1310. The van der Waals surface area contributed by atoms with Crippen LogP contribution in [-0.2, 0) is 4.74 Å². The Kier molecular flexibility index (Phi) is 8.87. The lowest BCUT2D eigenvalue weighted by molar-refractivity contribution is 0.0503. The molecule has 0 aliphatic heterocycles. The predicted octanol–water partition coefficient (Wildman–Crippen LogP) is 6.46. The molecule has 39 heavy (non-hydrogen) atoms. The average molecular weight is 575 g/mol. The molecule has 2 aromatic heterocycles. The molecule has 4 rings (SSSR count). The largest absolute Gasteiger partial charge is 0.495 e. The highest BCUT2D eigenvalue weighted by atomic mass is 35.5. The fraction of sp³-hybridized carbons (Fsp3) is 0.407. The van der Waals surface area contributed by atoms with Gasteiger partial charge in [-0.05, 0) is 52.2 Å². The summed E-state index contributed by atoms with van der Waals surface area (Å²) in [7, 11) is 3.02. The number of amides is 1. The zero-order valence-electron chi connectivity index (χ0n) is 22.5. The molecule has 2 atom stereocenters. The standard InChI is InChI=1S/C27H32Cl2N6O4/c1-27(2,3)39-26(36)34-17-10-6-9-16(17)33-21-12-18(31-14-32-21)15-8-7-11-30-25(15)35-24-22(28)19(37-4)13-20(38-5)23(24)29/h7-8,11-14,16-17H,6,9-10H2,1-5H3,(H,30,35)(H,34,36)(H,31,32,33)/t16?,17-/m0/s1. The average Bonchev–Trinajstić information content (AvgIpc) is 3.32. The first-order chi connectivity index (χ1) is 18.6. The molecule has 12 heteroatoms. The van der Waals surface area contributed by atoms with Gasteiger partial charge in [-0.1, -0.05) is 23.2 Å². The second-order valence-corrected chi connectivity index (χ2v) is 10.8. The van der Waals surface area contributed by atoms with E-state index in [0.717, 1.165) is 19.3 Å². The number of carbonyl (C=O) groups excluding carboxylic acids is 1. The van der Waals surface area contributed by atoms with Crippen molar-refractivity contribution >= 4 is 46.6 Å². The van der Waals surface area contributed by atoms with Gasteiger partial charge < -0.3 is 30.2 Å². The Morgan fingerprint density at radius 1 is 1.00 bits per heavy atom. The van der Waals surface area contributed by atoms with Gasteiger partial charge in [0.2, 0.25) is 0 Å². The predicted molar refractivity (Wildman–Crippen MR) is 153 cm³/mol. The molecule has 3 N–H and O–H groups in total. The third-order valence-corrected chi connectivity index (χ3v) is 6.87. The smallest absolute Gasteiger partial charge is 0.407 e. The molecule has 1 amide bonds. The quantitative estimate of drug-likeness (QED) is 0.278. The van der Waals surface area contributed by atoms with Crippen molar-refractivity contribution in [2.45, 2.75) is 57.7 Å². The summed E-state index contributed by atoms with van der Waals surface area (Å²) in [6.07, 6.45) is 5.40. The lowest BCUT2D eigenvalue weighted by atomic mass is 10.1. The molecule has 0 spiro atoms. The second-order valence-electron chi connectivity index (χ2n) is 10.0. The molecule has 1 aliphatic rings. The van der Waals surface area contributed by atoms with E-state index in [9.17, 15) is 4.79 Å². The molecule has 1 saturated carbocycles. The van der Waals surface area contributed by atoms with Gasteiger partial charge >= 0.3 is 6.09 Å². The number of pyridine rings is 1. The van der Waals surface area contributed by atoms with Gasteiger partial charge in [0.15, 0.2) is 0 Å². The number of methoxy groups -OCH3 is 2. The van der Waals surface area contributed by atoms with Crippen molar-refractivity contribution in [1.82, 2.24) is 20.3 Å². The van der Waals surface area contributed by atoms with Gasteiger partial charge in [0, 0.05) is 29.9 Å². The van der Waals surface area contributed by atoms with E-state index in [4.69, 9.17) is 37.4 Å². The van der Waals surface area contributed by atoms with Gasteiger partial charge in [-0.2, -0.15) is 0 Å². The summed E-state index contributed by atoms with van der Waals surface area (Å²) < 4.78 is 16.2. The van der Waals surface area contributed by atoms with E-state index in [1.807, 2.05) is 39.0 Å². The Labute approximate surface area is 237 Å². The minimum Gasteiger partial charge on any atom is -0.495 e. The van der Waals surface area contributed by atoms with Crippen LogP contribution in [0, 0.1) is 0 Å². The van der Waals surface area contributed by atoms with Crippen LogP contribution in [0.25, 0.3) is 11.3 Å². The van der Waals surface area contributed by atoms with E-state index in [2.05, 4.69) is 30.9 Å². The minimum absolute atomic E-state index is 0.00590. The first-order valence-electron chi connectivity index (χ1n) is 12.5. The molecule has 1 aliphatic carbocycles. The monoisotopic (exact) mass is 574 g/mol.